The average molecular weight is 489 g/mol. The summed E-state index contributed by atoms with van der Waals surface area (Å²) in [6, 6.07) is 0. The molecule has 7 atom stereocenters. The summed E-state index contributed by atoms with van der Waals surface area (Å²) >= 11 is 0. The van der Waals surface area contributed by atoms with Crippen molar-refractivity contribution in [2.24, 2.45) is 0 Å². The van der Waals surface area contributed by atoms with Gasteiger partial charge in [-0.2, -0.15) is 4.31 Å². The molecule has 0 bridgehead atoms. The minimum absolute atomic E-state index is 0.0991. The number of aromatic nitrogens is 1. The Labute approximate surface area is 174 Å². The highest BCUT2D eigenvalue weighted by atomic mass is 31.3. The van der Waals surface area contributed by atoms with Crippen LogP contribution in [0.5, 0.6) is 5.75 Å². The van der Waals surface area contributed by atoms with Crippen molar-refractivity contribution in [2.45, 2.75) is 44.2 Å². The van der Waals surface area contributed by atoms with Gasteiger partial charge in [0.2, 0.25) is 0 Å². The minimum Gasteiger partial charge on any atom is -0.505 e. The van der Waals surface area contributed by atoms with Gasteiger partial charge in [0, 0.05) is 11.8 Å². The summed E-state index contributed by atoms with van der Waals surface area (Å²) in [6.07, 6.45) is -8.13. The molecule has 0 saturated carbocycles. The molecule has 1 aromatic rings. The van der Waals surface area contributed by atoms with E-state index >= 15 is 0 Å². The number of aryl methyl sites for hydroxylation is 1. The zero-order chi connectivity index (χ0) is 23.6. The van der Waals surface area contributed by atoms with Crippen LogP contribution in [0.4, 0.5) is 0 Å². The second-order valence-electron chi connectivity index (χ2n) is 6.34. The fourth-order valence-corrected chi connectivity index (χ4v) is 4.63. The predicted octanol–water partition coefficient (Wildman–Crippen LogP) is -1.54. The van der Waals surface area contributed by atoms with E-state index in [1.54, 1.807) is 0 Å². The van der Waals surface area contributed by atoms with E-state index in [9.17, 15) is 44.1 Å². The van der Waals surface area contributed by atoms with Gasteiger partial charge >= 0.3 is 15.6 Å². The Hall–Kier alpha value is -1.32. The van der Waals surface area contributed by atoms with E-state index in [0.29, 0.717) is 0 Å². The molecule has 0 aliphatic carbocycles. The van der Waals surface area contributed by atoms with Crippen LogP contribution < -0.4 is 0 Å². The monoisotopic (exact) mass is 489 g/mol. The summed E-state index contributed by atoms with van der Waals surface area (Å²) in [4.78, 5) is 34.2. The van der Waals surface area contributed by atoms with E-state index < -0.39 is 65.3 Å². The summed E-state index contributed by atoms with van der Waals surface area (Å²) < 4.78 is 41.9. The van der Waals surface area contributed by atoms with E-state index in [1.165, 1.54) is 6.92 Å². The van der Waals surface area contributed by atoms with Gasteiger partial charge in [-0.15, -0.1) is 0 Å². The third-order valence-corrected chi connectivity index (χ3v) is 6.73. The van der Waals surface area contributed by atoms with Crippen molar-refractivity contribution in [2.75, 3.05) is 6.61 Å². The van der Waals surface area contributed by atoms with Crippen molar-refractivity contribution in [1.82, 2.24) is 4.98 Å². The van der Waals surface area contributed by atoms with Crippen molar-refractivity contribution in [3.63, 3.8) is 0 Å². The first-order valence-corrected chi connectivity index (χ1v) is 11.4. The number of aliphatic hydroxyl groups excluding tert-OH is 4. The zero-order valence-electron chi connectivity index (χ0n) is 15.8. The fraction of sp³-hybridized carbons (Fsp3) is 0.571. The quantitative estimate of drug-likeness (QED) is 0.153. The molecule has 1 fully saturated rings. The standard InChI is InChI=1S/C14H21NO14P2/c1-6-10(18)8(3-16)7(2-15-6)5-26-30(22,23)29-31(24,25)28-14-13(21)12(20)11(19)9(4-17)27-14/h2-3,9,11-14,17-21H,4-5H2,1H3,(H,22,23)(H,24,25)/t9-,11-,12+,13-,14-/m1/s1. The number of aliphatic hydroxyl groups is 4. The maximum atomic E-state index is 12.1. The van der Waals surface area contributed by atoms with Crippen molar-refractivity contribution in [1.29, 1.82) is 0 Å². The fourth-order valence-electron chi connectivity index (χ4n) is 2.51. The van der Waals surface area contributed by atoms with Crippen LogP contribution in [-0.4, -0.2) is 83.9 Å². The molecule has 0 amide bonds. The molecule has 31 heavy (non-hydrogen) atoms. The maximum absolute atomic E-state index is 12.1. The van der Waals surface area contributed by atoms with E-state index in [0.717, 1.165) is 6.20 Å². The zero-order valence-corrected chi connectivity index (χ0v) is 17.6. The van der Waals surface area contributed by atoms with Gasteiger partial charge in [0.05, 0.1) is 24.5 Å². The number of carbonyl (C=O) groups is 1. The van der Waals surface area contributed by atoms with Crippen molar-refractivity contribution < 1.29 is 67.3 Å². The van der Waals surface area contributed by atoms with Crippen LogP contribution in [0.1, 0.15) is 21.6 Å². The molecule has 1 aliphatic heterocycles. The predicted molar refractivity (Wildman–Crippen MR) is 96.4 cm³/mol. The van der Waals surface area contributed by atoms with Gasteiger partial charge in [0.25, 0.3) is 0 Å². The number of pyridine rings is 1. The number of hydrogen-bond acceptors (Lipinski definition) is 13. The highest BCUT2D eigenvalue weighted by molar-refractivity contribution is 7.61. The normalized spacial score (nSPS) is 30.4. The number of rotatable bonds is 9. The Morgan fingerprint density at radius 2 is 1.81 bits per heavy atom. The molecule has 1 aliphatic rings. The first-order chi connectivity index (χ1) is 14.3. The average Bonchev–Trinajstić information content (AvgIpc) is 2.68. The van der Waals surface area contributed by atoms with Gasteiger partial charge < -0.3 is 40.1 Å². The third-order valence-electron chi connectivity index (χ3n) is 4.15. The lowest BCUT2D eigenvalue weighted by Gasteiger charge is -2.39. The summed E-state index contributed by atoms with van der Waals surface area (Å²) in [5.41, 5.74) is -0.335. The van der Waals surface area contributed by atoms with Crippen LogP contribution in [0.25, 0.3) is 0 Å². The Balaban J connectivity index is 2.06. The number of aldehydes is 1. The molecule has 0 radical (unpaired) electrons. The Bertz CT molecular complexity index is 894. The maximum Gasteiger partial charge on any atom is 0.483 e. The molecule has 1 aromatic heterocycles. The van der Waals surface area contributed by atoms with Gasteiger partial charge in [0.1, 0.15) is 30.2 Å². The molecule has 7 N–H and O–H groups in total. The smallest absolute Gasteiger partial charge is 0.483 e. The van der Waals surface area contributed by atoms with E-state index in [1.807, 2.05) is 0 Å². The van der Waals surface area contributed by atoms with Gasteiger partial charge in [-0.05, 0) is 6.92 Å². The molecule has 15 nitrogen and oxygen atoms in total. The Kier molecular flexibility index (Phi) is 8.44. The van der Waals surface area contributed by atoms with E-state index in [-0.39, 0.29) is 23.1 Å². The first-order valence-electron chi connectivity index (χ1n) is 8.45. The molecular formula is C14H21NO14P2. The van der Waals surface area contributed by atoms with E-state index in [4.69, 9.17) is 9.84 Å². The summed E-state index contributed by atoms with van der Waals surface area (Å²) in [5.74, 6) is -0.497. The second kappa shape index (κ2) is 10.1. The van der Waals surface area contributed by atoms with E-state index in [2.05, 4.69) is 18.3 Å². The van der Waals surface area contributed by atoms with Crippen LogP contribution in [0.3, 0.4) is 0 Å². The summed E-state index contributed by atoms with van der Waals surface area (Å²) in [5, 5.41) is 47.9. The summed E-state index contributed by atoms with van der Waals surface area (Å²) in [6.45, 7) is -0.312. The molecule has 0 spiro atoms. The lowest BCUT2D eigenvalue weighted by atomic mass is 10.00. The highest BCUT2D eigenvalue weighted by Gasteiger charge is 2.48. The summed E-state index contributed by atoms with van der Waals surface area (Å²) in [7, 11) is -10.8. The van der Waals surface area contributed by atoms with Gasteiger partial charge in [0.15, 0.2) is 12.6 Å². The topological polar surface area (TPSA) is 243 Å². The first kappa shape index (κ1) is 25.9. The number of carbonyl (C=O) groups excluding carboxylic acids is 1. The molecule has 0 aromatic carbocycles. The molecule has 2 heterocycles. The molecule has 176 valence electrons. The van der Waals surface area contributed by atoms with Crippen LogP contribution in [0.15, 0.2) is 6.20 Å². The molecule has 17 heteroatoms. The number of phosphoric ester groups is 2. The van der Waals surface area contributed by atoms with Gasteiger partial charge in [-0.3, -0.25) is 18.8 Å². The number of phosphoric acid groups is 2. The molecule has 2 rings (SSSR count). The van der Waals surface area contributed by atoms with Crippen LogP contribution >= 0.6 is 15.6 Å². The van der Waals surface area contributed by atoms with Crippen molar-refractivity contribution in [3.05, 3.63) is 23.0 Å². The number of hydrogen-bond donors (Lipinski definition) is 7. The number of aromatic hydroxyl groups is 1. The Morgan fingerprint density at radius 1 is 1.16 bits per heavy atom. The second-order valence-corrected chi connectivity index (χ2v) is 9.34. The SMILES string of the molecule is Cc1ncc(COP(=O)(O)OP(=O)(O)O[C@H]2O[C@H](CO)[C@@H](O)[C@H](O)[C@H]2O)c(C=O)c1O. The van der Waals surface area contributed by atoms with Crippen LogP contribution in [0, 0.1) is 6.92 Å². The van der Waals surface area contributed by atoms with Crippen LogP contribution in [0.2, 0.25) is 0 Å². The molecule has 2 unspecified atom stereocenters. The lowest BCUT2D eigenvalue weighted by molar-refractivity contribution is -0.280. The highest BCUT2D eigenvalue weighted by Crippen LogP contribution is 2.61. The van der Waals surface area contributed by atoms with Crippen molar-refractivity contribution >= 4 is 21.9 Å². The molecule has 1 saturated heterocycles. The van der Waals surface area contributed by atoms with Gasteiger partial charge in [-0.1, -0.05) is 0 Å². The minimum atomic E-state index is -5.49. The number of nitrogens with zero attached hydrogens (tertiary/aromatic N) is 1. The number of ether oxygens (including phenoxy) is 1. The molecular weight excluding hydrogens is 468 g/mol. The van der Waals surface area contributed by atoms with Gasteiger partial charge in [-0.25, -0.2) is 9.13 Å². The lowest BCUT2D eigenvalue weighted by Crippen LogP contribution is -2.58. The third kappa shape index (κ3) is 6.35. The van der Waals surface area contributed by atoms with Crippen LogP contribution in [-0.2, 0) is 33.8 Å². The van der Waals surface area contributed by atoms with Crippen molar-refractivity contribution in [3.8, 4) is 5.75 Å². The largest absolute Gasteiger partial charge is 0.505 e. The Morgan fingerprint density at radius 3 is 2.39 bits per heavy atom.